The fraction of sp³-hybridized carbons (Fsp3) is 0.500. The average molecular weight is 197 g/mol. The van der Waals surface area contributed by atoms with Crippen molar-refractivity contribution < 1.29 is 9.90 Å². The van der Waals surface area contributed by atoms with Gasteiger partial charge in [-0.3, -0.25) is 4.79 Å². The van der Waals surface area contributed by atoms with E-state index >= 15 is 0 Å². The van der Waals surface area contributed by atoms with Crippen LogP contribution in [-0.2, 0) is 0 Å². The standard InChI is InChI=1S/C8H11N3O3/c12-5-1-4(2-5)10-7(13)6-3-9-8(14)11-6/h3-5,12H,1-2H2,(H,10,13)(H2,9,11,14). The van der Waals surface area contributed by atoms with Crippen molar-refractivity contribution in [3.63, 3.8) is 0 Å². The summed E-state index contributed by atoms with van der Waals surface area (Å²) in [6.07, 6.45) is 2.19. The van der Waals surface area contributed by atoms with Gasteiger partial charge in [-0.05, 0) is 12.8 Å². The van der Waals surface area contributed by atoms with Gasteiger partial charge in [0, 0.05) is 12.2 Å². The summed E-state index contributed by atoms with van der Waals surface area (Å²) in [6, 6.07) is 0.0240. The van der Waals surface area contributed by atoms with Crippen molar-refractivity contribution in [1.82, 2.24) is 15.3 Å². The fourth-order valence-electron chi connectivity index (χ4n) is 1.42. The SMILES string of the molecule is O=C(NC1CC(O)C1)c1c[nH]c(=O)[nH]1. The lowest BCUT2D eigenvalue weighted by molar-refractivity contribution is 0.0561. The van der Waals surface area contributed by atoms with E-state index in [1.165, 1.54) is 6.20 Å². The molecule has 1 saturated carbocycles. The number of H-pyrrole nitrogens is 2. The number of hydrogen-bond acceptors (Lipinski definition) is 3. The van der Waals surface area contributed by atoms with Crippen LogP contribution in [0, 0.1) is 0 Å². The van der Waals surface area contributed by atoms with E-state index in [2.05, 4.69) is 15.3 Å². The summed E-state index contributed by atoms with van der Waals surface area (Å²) < 4.78 is 0. The van der Waals surface area contributed by atoms with Crippen LogP contribution >= 0.6 is 0 Å². The van der Waals surface area contributed by atoms with Crippen molar-refractivity contribution in [3.05, 3.63) is 22.4 Å². The third kappa shape index (κ3) is 1.69. The molecular formula is C8H11N3O3. The van der Waals surface area contributed by atoms with Gasteiger partial charge in [0.15, 0.2) is 0 Å². The van der Waals surface area contributed by atoms with Gasteiger partial charge < -0.3 is 20.4 Å². The van der Waals surface area contributed by atoms with Gasteiger partial charge in [0.25, 0.3) is 5.91 Å². The molecule has 14 heavy (non-hydrogen) atoms. The number of carbonyl (C=O) groups excluding carboxylic acids is 1. The first kappa shape index (κ1) is 9.01. The van der Waals surface area contributed by atoms with E-state index in [4.69, 9.17) is 5.11 Å². The Morgan fingerprint density at radius 2 is 2.29 bits per heavy atom. The monoisotopic (exact) mass is 197 g/mol. The largest absolute Gasteiger partial charge is 0.393 e. The van der Waals surface area contributed by atoms with Crippen molar-refractivity contribution in [2.75, 3.05) is 0 Å². The zero-order valence-electron chi connectivity index (χ0n) is 7.41. The number of amides is 1. The Morgan fingerprint density at radius 3 is 2.79 bits per heavy atom. The predicted molar refractivity (Wildman–Crippen MR) is 47.9 cm³/mol. The maximum atomic E-state index is 11.4. The van der Waals surface area contributed by atoms with Crippen LogP contribution in [0.5, 0.6) is 0 Å². The summed E-state index contributed by atoms with van der Waals surface area (Å²) in [4.78, 5) is 26.8. The Hall–Kier alpha value is -1.56. The highest BCUT2D eigenvalue weighted by molar-refractivity contribution is 5.92. The van der Waals surface area contributed by atoms with E-state index in [1.807, 2.05) is 0 Å². The number of rotatable bonds is 2. The van der Waals surface area contributed by atoms with Crippen molar-refractivity contribution in [3.8, 4) is 0 Å². The molecule has 1 aromatic heterocycles. The van der Waals surface area contributed by atoms with Crippen LogP contribution in [0.3, 0.4) is 0 Å². The first-order chi connectivity index (χ1) is 6.65. The molecule has 0 unspecified atom stereocenters. The maximum absolute atomic E-state index is 11.4. The van der Waals surface area contributed by atoms with Crippen LogP contribution in [0.25, 0.3) is 0 Å². The minimum absolute atomic E-state index is 0.0240. The molecule has 0 aromatic carbocycles. The minimum Gasteiger partial charge on any atom is -0.393 e. The molecule has 4 N–H and O–H groups in total. The molecule has 76 valence electrons. The summed E-state index contributed by atoms with van der Waals surface area (Å²) in [5, 5.41) is 11.7. The Bertz CT molecular complexity index is 389. The van der Waals surface area contributed by atoms with E-state index in [1.54, 1.807) is 0 Å². The van der Waals surface area contributed by atoms with Crippen molar-refractivity contribution in [1.29, 1.82) is 0 Å². The van der Waals surface area contributed by atoms with Gasteiger partial charge in [-0.15, -0.1) is 0 Å². The molecule has 1 amide bonds. The molecule has 0 atom stereocenters. The first-order valence-electron chi connectivity index (χ1n) is 4.42. The van der Waals surface area contributed by atoms with E-state index in [-0.39, 0.29) is 23.7 Å². The van der Waals surface area contributed by atoms with E-state index in [0.717, 1.165) is 0 Å². The highest BCUT2D eigenvalue weighted by Crippen LogP contribution is 2.19. The topological polar surface area (TPSA) is 98.0 Å². The molecule has 6 nitrogen and oxygen atoms in total. The van der Waals surface area contributed by atoms with Gasteiger partial charge >= 0.3 is 5.69 Å². The van der Waals surface area contributed by atoms with Crippen LogP contribution in [0.2, 0.25) is 0 Å². The number of aromatic nitrogens is 2. The van der Waals surface area contributed by atoms with E-state index < -0.39 is 5.69 Å². The Labute approximate surface area is 79.3 Å². The number of aliphatic hydroxyl groups excluding tert-OH is 1. The van der Waals surface area contributed by atoms with Gasteiger partial charge in [0.1, 0.15) is 5.69 Å². The fourth-order valence-corrected chi connectivity index (χ4v) is 1.42. The highest BCUT2D eigenvalue weighted by atomic mass is 16.3. The third-order valence-electron chi connectivity index (χ3n) is 2.29. The molecule has 0 aliphatic heterocycles. The molecule has 0 spiro atoms. The summed E-state index contributed by atoms with van der Waals surface area (Å²) in [5.74, 6) is -0.319. The number of aliphatic hydroxyl groups is 1. The molecule has 0 radical (unpaired) electrons. The number of nitrogens with one attached hydrogen (secondary N) is 3. The zero-order valence-corrected chi connectivity index (χ0v) is 7.41. The van der Waals surface area contributed by atoms with Crippen LogP contribution in [-0.4, -0.2) is 33.1 Å². The number of imidazole rings is 1. The molecule has 6 heteroatoms. The molecule has 1 aromatic rings. The molecule has 0 saturated heterocycles. The Balaban J connectivity index is 1.93. The lowest BCUT2D eigenvalue weighted by Crippen LogP contribution is -2.46. The van der Waals surface area contributed by atoms with Crippen LogP contribution < -0.4 is 11.0 Å². The first-order valence-corrected chi connectivity index (χ1v) is 4.42. The van der Waals surface area contributed by atoms with Crippen LogP contribution in [0.1, 0.15) is 23.3 Å². The second-order valence-electron chi connectivity index (χ2n) is 3.45. The summed E-state index contributed by atoms with van der Waals surface area (Å²) >= 11 is 0. The molecule has 2 rings (SSSR count). The summed E-state index contributed by atoms with van der Waals surface area (Å²) in [7, 11) is 0. The molecule has 1 aliphatic rings. The average Bonchev–Trinajstić information content (AvgIpc) is 2.49. The van der Waals surface area contributed by atoms with E-state index in [9.17, 15) is 9.59 Å². The van der Waals surface area contributed by atoms with Gasteiger partial charge in [-0.1, -0.05) is 0 Å². The molecule has 0 bridgehead atoms. The lowest BCUT2D eigenvalue weighted by atomic mass is 9.89. The van der Waals surface area contributed by atoms with Gasteiger partial charge in [-0.25, -0.2) is 4.79 Å². The van der Waals surface area contributed by atoms with Gasteiger partial charge in [-0.2, -0.15) is 0 Å². The quantitative estimate of drug-likeness (QED) is 0.487. The maximum Gasteiger partial charge on any atom is 0.323 e. The van der Waals surface area contributed by atoms with Crippen molar-refractivity contribution in [2.24, 2.45) is 0 Å². The summed E-state index contributed by atoms with van der Waals surface area (Å²) in [5.41, 5.74) is -0.180. The molecule has 1 fully saturated rings. The Morgan fingerprint density at radius 1 is 1.57 bits per heavy atom. The zero-order chi connectivity index (χ0) is 10.1. The van der Waals surface area contributed by atoms with Crippen molar-refractivity contribution >= 4 is 5.91 Å². The van der Waals surface area contributed by atoms with Crippen LogP contribution in [0.4, 0.5) is 0 Å². The second-order valence-corrected chi connectivity index (χ2v) is 3.45. The second kappa shape index (κ2) is 3.30. The van der Waals surface area contributed by atoms with Crippen LogP contribution in [0.15, 0.2) is 11.0 Å². The normalized spacial score (nSPS) is 25.5. The molecule has 1 aliphatic carbocycles. The summed E-state index contributed by atoms with van der Waals surface area (Å²) in [6.45, 7) is 0. The number of hydrogen-bond donors (Lipinski definition) is 4. The van der Waals surface area contributed by atoms with Crippen molar-refractivity contribution in [2.45, 2.75) is 25.0 Å². The minimum atomic E-state index is -0.399. The number of aromatic amines is 2. The predicted octanol–water partition coefficient (Wildman–Crippen LogP) is -1.04. The highest BCUT2D eigenvalue weighted by Gasteiger charge is 2.28. The number of carbonyl (C=O) groups is 1. The Kier molecular flexibility index (Phi) is 2.12. The lowest BCUT2D eigenvalue weighted by Gasteiger charge is -2.31. The third-order valence-corrected chi connectivity index (χ3v) is 2.29. The van der Waals surface area contributed by atoms with E-state index in [0.29, 0.717) is 12.8 Å². The molecule has 1 heterocycles. The van der Waals surface area contributed by atoms with Gasteiger partial charge in [0.2, 0.25) is 0 Å². The molecular weight excluding hydrogens is 186 g/mol. The van der Waals surface area contributed by atoms with Gasteiger partial charge in [0.05, 0.1) is 6.10 Å². The smallest absolute Gasteiger partial charge is 0.323 e.